The third-order valence-electron chi connectivity index (χ3n) is 3.62. The normalized spacial score (nSPS) is 22.1. The molecule has 0 aromatic heterocycles. The molecule has 4 nitrogen and oxygen atoms in total. The van der Waals surface area contributed by atoms with Crippen molar-refractivity contribution in [3.63, 3.8) is 0 Å². The molecule has 2 atom stereocenters. The number of hydrogen-bond donors (Lipinski definition) is 1. The van der Waals surface area contributed by atoms with E-state index in [0.717, 1.165) is 12.1 Å². The number of rotatable bonds is 3. The highest BCUT2D eigenvalue weighted by Crippen LogP contribution is 2.24. The molecule has 108 valence electrons. The average Bonchev–Trinajstić information content (AvgIpc) is 2.76. The number of benzene rings is 1. The molecule has 0 bridgehead atoms. The minimum absolute atomic E-state index is 0.0593. The minimum Gasteiger partial charge on any atom is -0.481 e. The molecule has 0 aliphatic carbocycles. The van der Waals surface area contributed by atoms with Crippen LogP contribution in [0.5, 0.6) is 0 Å². The molecule has 1 N–H and O–H groups in total. The van der Waals surface area contributed by atoms with Crippen molar-refractivity contribution >= 4 is 11.9 Å². The van der Waals surface area contributed by atoms with Gasteiger partial charge in [0.05, 0.1) is 12.3 Å². The Bertz CT molecular complexity index is 547. The molecule has 1 fully saturated rings. The van der Waals surface area contributed by atoms with Gasteiger partial charge in [0.25, 0.3) is 0 Å². The molecule has 1 heterocycles. The minimum atomic E-state index is -0.992. The van der Waals surface area contributed by atoms with Crippen LogP contribution in [-0.4, -0.2) is 35.0 Å². The van der Waals surface area contributed by atoms with Gasteiger partial charge in [0.1, 0.15) is 0 Å². The first-order valence-corrected chi connectivity index (χ1v) is 6.33. The summed E-state index contributed by atoms with van der Waals surface area (Å²) in [7, 11) is 0. The van der Waals surface area contributed by atoms with E-state index >= 15 is 0 Å². The third-order valence-corrected chi connectivity index (χ3v) is 3.62. The number of nitrogens with zero attached hydrogens (tertiary/aromatic N) is 1. The molecular weight excluding hydrogens is 268 g/mol. The van der Waals surface area contributed by atoms with Gasteiger partial charge in [0, 0.05) is 13.1 Å². The largest absolute Gasteiger partial charge is 0.481 e. The van der Waals surface area contributed by atoms with Gasteiger partial charge in [-0.15, -0.1) is 0 Å². The van der Waals surface area contributed by atoms with E-state index in [4.69, 9.17) is 5.11 Å². The van der Waals surface area contributed by atoms with Crippen LogP contribution in [0.3, 0.4) is 0 Å². The maximum atomic E-state index is 13.1. The lowest BCUT2D eigenvalue weighted by Gasteiger charge is -2.16. The van der Waals surface area contributed by atoms with Crippen LogP contribution in [0, 0.1) is 23.5 Å². The van der Waals surface area contributed by atoms with Crippen molar-refractivity contribution in [3.05, 3.63) is 35.4 Å². The van der Waals surface area contributed by atoms with Crippen molar-refractivity contribution in [2.45, 2.75) is 13.3 Å². The number of amides is 1. The predicted molar refractivity (Wildman–Crippen MR) is 66.9 cm³/mol. The lowest BCUT2D eigenvalue weighted by Crippen LogP contribution is -2.31. The van der Waals surface area contributed by atoms with E-state index in [-0.39, 0.29) is 24.8 Å². The van der Waals surface area contributed by atoms with Crippen LogP contribution >= 0.6 is 0 Å². The number of halogens is 2. The van der Waals surface area contributed by atoms with Crippen molar-refractivity contribution in [2.24, 2.45) is 11.8 Å². The zero-order valence-electron chi connectivity index (χ0n) is 11.0. The first kappa shape index (κ1) is 14.4. The number of carboxylic acids is 1. The second-order valence-corrected chi connectivity index (χ2v) is 5.15. The molecule has 1 aromatic carbocycles. The van der Waals surface area contributed by atoms with E-state index in [1.165, 1.54) is 11.0 Å². The van der Waals surface area contributed by atoms with Crippen molar-refractivity contribution in [3.8, 4) is 0 Å². The van der Waals surface area contributed by atoms with Crippen LogP contribution in [0.25, 0.3) is 0 Å². The summed E-state index contributed by atoms with van der Waals surface area (Å²) in [6.07, 6.45) is -0.0593. The lowest BCUT2D eigenvalue weighted by molar-refractivity contribution is -0.142. The molecule has 1 saturated heterocycles. The number of carbonyl (C=O) groups excluding carboxylic acids is 1. The van der Waals surface area contributed by atoms with Crippen LogP contribution in [0.15, 0.2) is 18.2 Å². The Labute approximate surface area is 115 Å². The molecule has 20 heavy (non-hydrogen) atoms. The van der Waals surface area contributed by atoms with Gasteiger partial charge >= 0.3 is 5.97 Å². The van der Waals surface area contributed by atoms with Gasteiger partial charge in [0.2, 0.25) is 5.91 Å². The van der Waals surface area contributed by atoms with Gasteiger partial charge in [-0.2, -0.15) is 0 Å². The number of carbonyl (C=O) groups is 2. The number of carboxylic acid groups (broad SMARTS) is 1. The average molecular weight is 283 g/mol. The maximum Gasteiger partial charge on any atom is 0.308 e. The molecule has 0 saturated carbocycles. The number of hydrogen-bond acceptors (Lipinski definition) is 2. The zero-order valence-corrected chi connectivity index (χ0v) is 11.0. The Morgan fingerprint density at radius 3 is 2.55 bits per heavy atom. The molecule has 0 radical (unpaired) electrons. The highest BCUT2D eigenvalue weighted by Gasteiger charge is 2.36. The Morgan fingerprint density at radius 1 is 1.30 bits per heavy atom. The van der Waals surface area contributed by atoms with Gasteiger partial charge < -0.3 is 10.0 Å². The summed E-state index contributed by atoms with van der Waals surface area (Å²) in [5, 5.41) is 9.01. The van der Waals surface area contributed by atoms with Gasteiger partial charge in [-0.25, -0.2) is 8.78 Å². The van der Waals surface area contributed by atoms with Crippen molar-refractivity contribution < 1.29 is 23.5 Å². The van der Waals surface area contributed by atoms with E-state index in [1.54, 1.807) is 6.92 Å². The third kappa shape index (κ3) is 2.95. The van der Waals surface area contributed by atoms with Crippen LogP contribution in [0.2, 0.25) is 0 Å². The first-order valence-electron chi connectivity index (χ1n) is 6.33. The van der Waals surface area contributed by atoms with Crippen molar-refractivity contribution in [1.82, 2.24) is 4.90 Å². The monoisotopic (exact) mass is 283 g/mol. The lowest BCUT2D eigenvalue weighted by atomic mass is 9.99. The summed E-state index contributed by atoms with van der Waals surface area (Å²) in [6.45, 7) is 2.32. The SMILES string of the molecule is C[C@@H]1CN(C(=O)Cc2ccc(F)c(F)c2)C[C@H]1C(=O)O. The maximum absolute atomic E-state index is 13.1. The van der Waals surface area contributed by atoms with Crippen LogP contribution < -0.4 is 0 Å². The van der Waals surface area contributed by atoms with E-state index in [0.29, 0.717) is 12.1 Å². The van der Waals surface area contributed by atoms with Crippen molar-refractivity contribution in [2.75, 3.05) is 13.1 Å². The van der Waals surface area contributed by atoms with Gasteiger partial charge in [-0.1, -0.05) is 13.0 Å². The molecular formula is C14H15F2NO3. The Morgan fingerprint density at radius 2 is 2.00 bits per heavy atom. The summed E-state index contributed by atoms with van der Waals surface area (Å²) < 4.78 is 25.9. The second kappa shape index (κ2) is 5.56. The van der Waals surface area contributed by atoms with Crippen LogP contribution in [-0.2, 0) is 16.0 Å². The molecule has 2 rings (SSSR count). The van der Waals surface area contributed by atoms with E-state index in [2.05, 4.69) is 0 Å². The van der Waals surface area contributed by atoms with Gasteiger partial charge in [-0.05, 0) is 23.6 Å². The van der Waals surface area contributed by atoms with Crippen LogP contribution in [0.4, 0.5) is 8.78 Å². The zero-order chi connectivity index (χ0) is 14.9. The standard InChI is InChI=1S/C14H15F2NO3/c1-8-6-17(7-10(8)14(19)20)13(18)5-9-2-3-11(15)12(16)4-9/h2-4,8,10H,5-7H2,1H3,(H,19,20)/t8-,10-/m1/s1. The highest BCUT2D eigenvalue weighted by molar-refractivity contribution is 5.80. The molecule has 6 heteroatoms. The fourth-order valence-corrected chi connectivity index (χ4v) is 2.43. The molecule has 0 unspecified atom stereocenters. The molecule has 0 spiro atoms. The summed E-state index contributed by atoms with van der Waals surface area (Å²) in [4.78, 5) is 24.5. The molecule has 1 aliphatic heterocycles. The summed E-state index contributed by atoms with van der Waals surface area (Å²) in [5.74, 6) is -3.81. The fourth-order valence-electron chi connectivity index (χ4n) is 2.43. The first-order chi connectivity index (χ1) is 9.38. The molecule has 1 aliphatic rings. The van der Waals surface area contributed by atoms with E-state index in [1.807, 2.05) is 0 Å². The molecule has 1 amide bonds. The highest BCUT2D eigenvalue weighted by atomic mass is 19.2. The van der Waals surface area contributed by atoms with Gasteiger partial charge in [0.15, 0.2) is 11.6 Å². The number of aliphatic carboxylic acids is 1. The van der Waals surface area contributed by atoms with E-state index in [9.17, 15) is 18.4 Å². The quantitative estimate of drug-likeness (QED) is 0.918. The Balaban J connectivity index is 2.02. The second-order valence-electron chi connectivity index (χ2n) is 5.15. The fraction of sp³-hybridized carbons (Fsp3) is 0.429. The molecule has 1 aromatic rings. The van der Waals surface area contributed by atoms with Gasteiger partial charge in [-0.3, -0.25) is 9.59 Å². The Hall–Kier alpha value is -1.98. The number of likely N-dealkylation sites (tertiary alicyclic amines) is 1. The summed E-state index contributed by atoms with van der Waals surface area (Å²) >= 11 is 0. The van der Waals surface area contributed by atoms with Crippen LogP contribution in [0.1, 0.15) is 12.5 Å². The summed E-state index contributed by atoms with van der Waals surface area (Å²) in [5.41, 5.74) is 0.375. The van der Waals surface area contributed by atoms with E-state index < -0.39 is 23.5 Å². The predicted octanol–water partition coefficient (Wildman–Crippen LogP) is 1.69. The summed E-state index contributed by atoms with van der Waals surface area (Å²) in [6, 6.07) is 3.32. The van der Waals surface area contributed by atoms with Crippen molar-refractivity contribution in [1.29, 1.82) is 0 Å². The smallest absolute Gasteiger partial charge is 0.308 e. The topological polar surface area (TPSA) is 57.6 Å². The Kier molecular flexibility index (Phi) is 4.01.